The van der Waals surface area contributed by atoms with Crippen LogP contribution in [0.3, 0.4) is 0 Å². The number of hydrogen-bond acceptors (Lipinski definition) is 8. The lowest BCUT2D eigenvalue weighted by atomic mass is 10.1. The van der Waals surface area contributed by atoms with E-state index in [4.69, 9.17) is 4.98 Å². The van der Waals surface area contributed by atoms with E-state index in [0.717, 1.165) is 70.6 Å². The molecule has 0 saturated carbocycles. The van der Waals surface area contributed by atoms with Crippen LogP contribution in [0.2, 0.25) is 0 Å². The second-order valence-corrected chi connectivity index (χ2v) is 9.22. The number of nitrogens with one attached hydrogen (secondary N) is 1. The van der Waals surface area contributed by atoms with Crippen molar-refractivity contribution in [2.24, 2.45) is 0 Å². The van der Waals surface area contributed by atoms with E-state index in [1.54, 1.807) is 17.7 Å². The molecular weight excluding hydrogens is 432 g/mol. The summed E-state index contributed by atoms with van der Waals surface area (Å²) in [5.41, 5.74) is 2.97. The van der Waals surface area contributed by atoms with Crippen molar-refractivity contribution in [3.05, 3.63) is 66.6 Å². The molecule has 7 nitrogen and oxygen atoms in total. The quantitative estimate of drug-likeness (QED) is 0.431. The Morgan fingerprint density at radius 1 is 1.03 bits per heavy atom. The van der Waals surface area contributed by atoms with Crippen molar-refractivity contribution < 1.29 is 5.11 Å². The van der Waals surface area contributed by atoms with Crippen molar-refractivity contribution in [3.63, 3.8) is 0 Å². The molecule has 1 atom stereocenters. The lowest BCUT2D eigenvalue weighted by Crippen LogP contribution is -2.46. The van der Waals surface area contributed by atoms with Gasteiger partial charge in [0.1, 0.15) is 18.0 Å². The molecule has 1 saturated heterocycles. The van der Waals surface area contributed by atoms with E-state index in [1.165, 1.54) is 0 Å². The number of hydrogen-bond donors (Lipinski definition) is 2. The number of pyridine rings is 1. The number of aliphatic hydroxyl groups excluding tert-OH is 1. The van der Waals surface area contributed by atoms with Crippen LogP contribution in [0.4, 0.5) is 11.6 Å². The smallest absolute Gasteiger partial charge is 0.148 e. The maximum Gasteiger partial charge on any atom is 0.148 e. The second kappa shape index (κ2) is 9.82. The van der Waals surface area contributed by atoms with Gasteiger partial charge in [0.25, 0.3) is 0 Å². The highest BCUT2D eigenvalue weighted by Crippen LogP contribution is 2.36. The Morgan fingerprint density at radius 2 is 1.85 bits per heavy atom. The Balaban J connectivity index is 1.37. The molecular formula is C25H28N6OS. The molecule has 33 heavy (non-hydrogen) atoms. The SMILES string of the molecule is CCN1CCN(c2ccc(-c3cc4ncnc(NC(CO)c5ccccc5)c4s3)cn2)CC1. The van der Waals surface area contributed by atoms with Gasteiger partial charge in [-0.3, -0.25) is 0 Å². The van der Waals surface area contributed by atoms with E-state index in [0.29, 0.717) is 0 Å². The summed E-state index contributed by atoms with van der Waals surface area (Å²) >= 11 is 1.64. The van der Waals surface area contributed by atoms with Gasteiger partial charge in [-0.25, -0.2) is 15.0 Å². The predicted octanol–water partition coefficient (Wildman–Crippen LogP) is 4.04. The molecule has 4 aromatic rings. The van der Waals surface area contributed by atoms with Gasteiger partial charge in [0.05, 0.1) is 22.9 Å². The van der Waals surface area contributed by atoms with E-state index in [-0.39, 0.29) is 12.6 Å². The van der Waals surface area contributed by atoms with Crippen LogP contribution in [0, 0.1) is 0 Å². The molecule has 5 rings (SSSR count). The first-order valence-corrected chi connectivity index (χ1v) is 12.2. The normalized spacial score (nSPS) is 15.6. The zero-order chi connectivity index (χ0) is 22.6. The fourth-order valence-corrected chi connectivity index (χ4v) is 5.25. The third-order valence-electron chi connectivity index (χ3n) is 6.18. The minimum atomic E-state index is -0.232. The number of fused-ring (bicyclic) bond motifs is 1. The fraction of sp³-hybridized carbons (Fsp3) is 0.320. The topological polar surface area (TPSA) is 77.4 Å². The first-order chi connectivity index (χ1) is 16.2. The Labute approximate surface area is 197 Å². The molecule has 0 bridgehead atoms. The zero-order valence-electron chi connectivity index (χ0n) is 18.7. The Morgan fingerprint density at radius 3 is 2.55 bits per heavy atom. The summed E-state index contributed by atoms with van der Waals surface area (Å²) in [5.74, 6) is 1.77. The molecule has 1 fully saturated rings. The summed E-state index contributed by atoms with van der Waals surface area (Å²) < 4.78 is 0.974. The Kier molecular flexibility index (Phi) is 6.48. The average molecular weight is 461 g/mol. The first-order valence-electron chi connectivity index (χ1n) is 11.4. The average Bonchev–Trinajstić information content (AvgIpc) is 3.33. The summed E-state index contributed by atoms with van der Waals surface area (Å²) in [6.45, 7) is 7.50. The second-order valence-electron chi connectivity index (χ2n) is 8.16. The van der Waals surface area contributed by atoms with Gasteiger partial charge < -0.3 is 20.2 Å². The van der Waals surface area contributed by atoms with Crippen LogP contribution in [0.15, 0.2) is 61.1 Å². The lowest BCUT2D eigenvalue weighted by molar-refractivity contribution is 0.270. The predicted molar refractivity (Wildman–Crippen MR) is 135 cm³/mol. The van der Waals surface area contributed by atoms with Gasteiger partial charge >= 0.3 is 0 Å². The minimum absolute atomic E-state index is 0.0222. The van der Waals surface area contributed by atoms with Crippen molar-refractivity contribution in [2.45, 2.75) is 13.0 Å². The fourth-order valence-electron chi connectivity index (χ4n) is 4.20. The molecule has 1 aliphatic rings. The number of nitrogens with zero attached hydrogens (tertiary/aromatic N) is 5. The number of aliphatic hydroxyl groups is 1. The van der Waals surface area contributed by atoms with E-state index in [2.05, 4.69) is 50.2 Å². The molecule has 3 aromatic heterocycles. The highest BCUT2D eigenvalue weighted by molar-refractivity contribution is 7.22. The molecule has 0 spiro atoms. The van der Waals surface area contributed by atoms with Crippen LogP contribution >= 0.6 is 11.3 Å². The maximum atomic E-state index is 9.94. The van der Waals surface area contributed by atoms with Gasteiger partial charge in [-0.2, -0.15) is 0 Å². The number of thiophene rings is 1. The Hall–Kier alpha value is -3.07. The van der Waals surface area contributed by atoms with Gasteiger partial charge in [-0.05, 0) is 30.3 Å². The van der Waals surface area contributed by atoms with E-state index in [1.807, 2.05) is 36.5 Å². The van der Waals surface area contributed by atoms with Gasteiger partial charge in [0, 0.05) is 42.8 Å². The highest BCUT2D eigenvalue weighted by atomic mass is 32.1. The maximum absolute atomic E-state index is 9.94. The van der Waals surface area contributed by atoms with Crippen molar-refractivity contribution in [1.29, 1.82) is 0 Å². The summed E-state index contributed by atoms with van der Waals surface area (Å²) in [7, 11) is 0. The number of likely N-dealkylation sites (N-methyl/N-ethyl adjacent to an activating group) is 1. The molecule has 1 unspecified atom stereocenters. The van der Waals surface area contributed by atoms with Crippen LogP contribution in [0.5, 0.6) is 0 Å². The number of rotatable bonds is 7. The van der Waals surface area contributed by atoms with Crippen LogP contribution in [0.25, 0.3) is 20.7 Å². The number of aromatic nitrogens is 3. The molecule has 0 aliphatic carbocycles. The van der Waals surface area contributed by atoms with Crippen LogP contribution < -0.4 is 10.2 Å². The standard InChI is InChI=1S/C25H28N6OS/c1-2-30-10-12-31(13-11-30)23-9-8-19(15-26-23)22-14-20-24(33-22)25(28-17-27-20)29-21(16-32)18-6-4-3-5-7-18/h3-9,14-15,17,21,32H,2,10-13,16H2,1H3,(H,27,28,29). The Bertz CT molecular complexity index is 1190. The minimum Gasteiger partial charge on any atom is -0.394 e. The summed E-state index contributed by atoms with van der Waals surface area (Å²) in [6, 6.07) is 16.0. The number of benzene rings is 1. The monoisotopic (exact) mass is 460 g/mol. The molecule has 1 aromatic carbocycles. The van der Waals surface area contributed by atoms with Crippen molar-refractivity contribution >= 4 is 33.2 Å². The molecule has 1 aliphatic heterocycles. The van der Waals surface area contributed by atoms with Crippen LogP contribution in [-0.2, 0) is 0 Å². The highest BCUT2D eigenvalue weighted by Gasteiger charge is 2.18. The number of piperazine rings is 1. The summed E-state index contributed by atoms with van der Waals surface area (Å²) in [4.78, 5) is 19.6. The molecule has 0 radical (unpaired) electrons. The lowest BCUT2D eigenvalue weighted by Gasteiger charge is -2.34. The van der Waals surface area contributed by atoms with E-state index in [9.17, 15) is 5.11 Å². The van der Waals surface area contributed by atoms with Gasteiger partial charge in [0.15, 0.2) is 0 Å². The third-order valence-corrected chi connectivity index (χ3v) is 7.36. The first kappa shape index (κ1) is 21.8. The van der Waals surface area contributed by atoms with Crippen LogP contribution in [0.1, 0.15) is 18.5 Å². The molecule has 0 amide bonds. The zero-order valence-corrected chi connectivity index (χ0v) is 19.5. The van der Waals surface area contributed by atoms with Gasteiger partial charge in [0.2, 0.25) is 0 Å². The largest absolute Gasteiger partial charge is 0.394 e. The number of anilines is 2. The molecule has 4 heterocycles. The van der Waals surface area contributed by atoms with E-state index < -0.39 is 0 Å². The van der Waals surface area contributed by atoms with Gasteiger partial charge in [-0.15, -0.1) is 11.3 Å². The van der Waals surface area contributed by atoms with E-state index >= 15 is 0 Å². The molecule has 170 valence electrons. The molecule has 2 N–H and O–H groups in total. The summed E-state index contributed by atoms with van der Waals surface area (Å²) in [5, 5.41) is 13.3. The van der Waals surface area contributed by atoms with Crippen LogP contribution in [-0.4, -0.2) is 64.3 Å². The molecule has 8 heteroatoms. The van der Waals surface area contributed by atoms with Crippen molar-refractivity contribution in [1.82, 2.24) is 19.9 Å². The summed E-state index contributed by atoms with van der Waals surface area (Å²) in [6.07, 6.45) is 3.52. The third kappa shape index (κ3) is 4.68. The van der Waals surface area contributed by atoms with Gasteiger partial charge in [-0.1, -0.05) is 37.3 Å². The van der Waals surface area contributed by atoms with Crippen molar-refractivity contribution in [3.8, 4) is 10.4 Å². The van der Waals surface area contributed by atoms with Crippen molar-refractivity contribution in [2.75, 3.05) is 49.5 Å².